The van der Waals surface area contributed by atoms with Crippen molar-refractivity contribution in [1.29, 1.82) is 0 Å². The lowest BCUT2D eigenvalue weighted by atomic mass is 9.80. The number of hydrogen-bond acceptors (Lipinski definition) is 12. The molecular formula is C90H138B3N3O9. The van der Waals surface area contributed by atoms with Gasteiger partial charge in [-0.1, -0.05) is 376 Å². The minimum absolute atomic E-state index is 0.359. The van der Waals surface area contributed by atoms with Crippen molar-refractivity contribution in [2.45, 2.75) is 288 Å². The summed E-state index contributed by atoms with van der Waals surface area (Å²) in [4.78, 5) is 7.56. The van der Waals surface area contributed by atoms with E-state index in [2.05, 4.69) is 204 Å². The molecule has 6 aromatic carbocycles. The fourth-order valence-corrected chi connectivity index (χ4v) is 16.2. The third-order valence-electron chi connectivity index (χ3n) is 22.7. The van der Waals surface area contributed by atoms with Crippen LogP contribution in [0.25, 0.3) is 0 Å². The quantitative estimate of drug-likeness (QED) is 0.0251. The molecule has 105 heavy (non-hydrogen) atoms. The Morgan fingerprint density at radius 1 is 0.276 bits per heavy atom. The highest BCUT2D eigenvalue weighted by atomic mass is 16.7. The Kier molecular flexibility index (Phi) is 39.2. The Morgan fingerprint density at radius 3 is 0.857 bits per heavy atom. The van der Waals surface area contributed by atoms with Gasteiger partial charge in [0.25, 0.3) is 0 Å². The highest BCUT2D eigenvalue weighted by Gasteiger charge is 2.50. The molecule has 0 bridgehead atoms. The van der Waals surface area contributed by atoms with E-state index in [4.69, 9.17) is 27.9 Å². The van der Waals surface area contributed by atoms with Gasteiger partial charge in [-0.3, -0.25) is 14.7 Å². The van der Waals surface area contributed by atoms with Crippen molar-refractivity contribution in [2.75, 3.05) is 59.1 Å². The summed E-state index contributed by atoms with van der Waals surface area (Å²) in [5.74, 6) is 0. The molecule has 0 amide bonds. The third-order valence-corrected chi connectivity index (χ3v) is 22.7. The fraction of sp³-hybridized carbons (Fsp3) is 0.600. The van der Waals surface area contributed by atoms with Crippen molar-refractivity contribution in [3.63, 3.8) is 0 Å². The van der Waals surface area contributed by atoms with Gasteiger partial charge in [-0.15, -0.1) is 0 Å². The second kappa shape index (κ2) is 47.2. The maximum absolute atomic E-state index is 10.8. The van der Waals surface area contributed by atoms with Gasteiger partial charge in [0.15, 0.2) is 0 Å². The summed E-state index contributed by atoms with van der Waals surface area (Å²) in [6, 6.07) is 62.4. The average Bonchev–Trinajstić information content (AvgIpc) is 0.753. The van der Waals surface area contributed by atoms with E-state index in [9.17, 15) is 15.1 Å². The molecule has 3 heterocycles. The van der Waals surface area contributed by atoms with Crippen LogP contribution in [0.15, 0.2) is 182 Å². The van der Waals surface area contributed by atoms with Gasteiger partial charge in [0.1, 0.15) is 0 Å². The molecule has 6 atom stereocenters. The summed E-state index contributed by atoms with van der Waals surface area (Å²) in [6.07, 6.45) is 39.7. The van der Waals surface area contributed by atoms with Crippen molar-refractivity contribution >= 4 is 22.0 Å². The monoisotopic (exact) mass is 1440 g/mol. The molecule has 0 aliphatic carbocycles. The molecule has 3 saturated heterocycles. The topological polar surface area (TPSA) is 126 Å². The molecule has 9 rings (SSSR count). The average molecular weight is 1440 g/mol. The van der Waals surface area contributed by atoms with E-state index in [-0.39, 0.29) is 5.54 Å². The lowest BCUT2D eigenvalue weighted by Gasteiger charge is -2.53. The second-order valence-corrected chi connectivity index (χ2v) is 31.7. The molecule has 576 valence electrons. The first-order valence-corrected chi connectivity index (χ1v) is 41.4. The van der Waals surface area contributed by atoms with E-state index in [0.29, 0.717) is 39.5 Å². The van der Waals surface area contributed by atoms with Crippen LogP contribution in [0.2, 0.25) is 0 Å². The van der Waals surface area contributed by atoms with Crippen molar-refractivity contribution in [1.82, 2.24) is 14.7 Å². The van der Waals surface area contributed by atoms with Gasteiger partial charge in [-0.05, 0) is 107 Å². The molecule has 3 aliphatic heterocycles. The molecule has 6 unspecified atom stereocenters. The Bertz CT molecular complexity index is 3060. The SMILES string of the molecule is CCCCCCCCCCCCN1C(C)(c2ccccc2)COB(O)OCC1(C)c1ccccc1.CCCCCCCCCCCCN1CC(C)(c2ccccc2)OB(O)OC(C)(c2ccccc2)C1.CCCCCCCCCCCCN1CC(C)(c2ccccc2)OB(O)OCC1(C)c1ccccc1. The van der Waals surface area contributed by atoms with Crippen LogP contribution in [0.3, 0.4) is 0 Å². The summed E-state index contributed by atoms with van der Waals surface area (Å²) in [7, 11) is -3.78. The predicted molar refractivity (Wildman–Crippen MR) is 438 cm³/mol. The lowest BCUT2D eigenvalue weighted by Crippen LogP contribution is -2.61. The Labute approximate surface area is 639 Å². The van der Waals surface area contributed by atoms with E-state index in [0.717, 1.165) is 55.6 Å². The van der Waals surface area contributed by atoms with Gasteiger partial charge in [-0.25, -0.2) is 0 Å². The smallest absolute Gasteiger partial charge is 0.402 e. The zero-order valence-electron chi connectivity index (χ0n) is 66.8. The second-order valence-electron chi connectivity index (χ2n) is 31.7. The van der Waals surface area contributed by atoms with Crippen LogP contribution in [0.1, 0.15) is 288 Å². The molecule has 3 fully saturated rings. The van der Waals surface area contributed by atoms with Crippen LogP contribution >= 0.6 is 0 Å². The maximum atomic E-state index is 10.8. The maximum Gasteiger partial charge on any atom is 0.638 e. The molecule has 12 nitrogen and oxygen atoms in total. The summed E-state index contributed by atoms with van der Waals surface area (Å²) in [6.45, 7) is 25.8. The van der Waals surface area contributed by atoms with Gasteiger partial charge < -0.3 is 43.0 Å². The molecular weight excluding hydrogens is 1300 g/mol. The Hall–Kier alpha value is -4.97. The molecule has 3 aliphatic rings. The van der Waals surface area contributed by atoms with Crippen LogP contribution in [-0.4, -0.2) is 111 Å². The normalized spacial score (nSPS) is 23.7. The fourth-order valence-electron chi connectivity index (χ4n) is 16.2. The van der Waals surface area contributed by atoms with Gasteiger partial charge in [0, 0.05) is 26.2 Å². The van der Waals surface area contributed by atoms with Gasteiger partial charge in [0.05, 0.1) is 53.2 Å². The molecule has 3 N–H and O–H groups in total. The van der Waals surface area contributed by atoms with Crippen molar-refractivity contribution in [3.8, 4) is 0 Å². The third kappa shape index (κ3) is 28.5. The standard InChI is InChI=1S/3C30H46BNO3/c1-4-5-6-7-8-9-10-11-12-19-24-32-25-30(3,28-22-17-14-18-23-28)35-31(33)34-26-29(32,2)27-20-15-13-16-21-27;1-4-5-6-7-8-9-10-11-12-19-24-32-29(2,27-20-15-13-16-21-27)25-34-31(33)35-26-30(32,3)28-22-17-14-18-23-28;1-4-5-6-7-8-9-10-11-12-19-24-32-25-29(2,27-20-15-13-16-21-27)34-31(33)35-30(3,26-32)28-22-17-14-18-23-28/h3*13-18,20-23,33H,4-12,19,24-26H2,1-3H3. The van der Waals surface area contributed by atoms with E-state index in [1.54, 1.807) is 0 Å². The van der Waals surface area contributed by atoms with Gasteiger partial charge in [0.2, 0.25) is 0 Å². The van der Waals surface area contributed by atoms with Crippen LogP contribution in [0, 0.1) is 0 Å². The van der Waals surface area contributed by atoms with Crippen LogP contribution in [-0.2, 0) is 61.3 Å². The van der Waals surface area contributed by atoms with Crippen LogP contribution < -0.4 is 0 Å². The molecule has 15 heteroatoms. The van der Waals surface area contributed by atoms with Crippen molar-refractivity contribution < 1.29 is 43.0 Å². The molecule has 6 aromatic rings. The first kappa shape index (κ1) is 87.3. The summed E-state index contributed by atoms with van der Waals surface area (Å²) in [5, 5.41) is 31.7. The van der Waals surface area contributed by atoms with Crippen molar-refractivity contribution in [3.05, 3.63) is 215 Å². The van der Waals surface area contributed by atoms with Gasteiger partial charge >= 0.3 is 22.0 Å². The summed E-state index contributed by atoms with van der Waals surface area (Å²) >= 11 is 0. The highest BCUT2D eigenvalue weighted by Crippen LogP contribution is 2.43. The zero-order valence-corrected chi connectivity index (χ0v) is 66.8. The molecule has 0 aromatic heterocycles. The van der Waals surface area contributed by atoms with E-state index in [1.807, 2.05) is 54.6 Å². The van der Waals surface area contributed by atoms with E-state index < -0.39 is 49.8 Å². The molecule has 0 radical (unpaired) electrons. The molecule has 0 spiro atoms. The predicted octanol–water partition coefficient (Wildman–Crippen LogP) is 21.2. The zero-order chi connectivity index (χ0) is 75.0. The lowest BCUT2D eigenvalue weighted by molar-refractivity contribution is -0.0941. The highest BCUT2D eigenvalue weighted by molar-refractivity contribution is 6.35. The largest absolute Gasteiger partial charge is 0.638 e. The van der Waals surface area contributed by atoms with E-state index >= 15 is 0 Å². The number of unbranched alkanes of at least 4 members (excludes halogenated alkanes) is 27. The van der Waals surface area contributed by atoms with Gasteiger partial charge in [-0.2, -0.15) is 0 Å². The number of benzene rings is 6. The summed E-state index contributed by atoms with van der Waals surface area (Å²) < 4.78 is 36.0. The Balaban J connectivity index is 0.000000220. The van der Waals surface area contributed by atoms with E-state index in [1.165, 1.54) is 190 Å². The minimum atomic E-state index is -1.30. The van der Waals surface area contributed by atoms with Crippen LogP contribution in [0.5, 0.6) is 0 Å². The van der Waals surface area contributed by atoms with Crippen molar-refractivity contribution in [2.24, 2.45) is 0 Å². The Morgan fingerprint density at radius 2 is 0.524 bits per heavy atom. The number of hydrogen-bond donors (Lipinski definition) is 3. The first-order chi connectivity index (χ1) is 50.9. The number of rotatable bonds is 39. The number of nitrogens with zero attached hydrogens (tertiary/aromatic N) is 3. The minimum Gasteiger partial charge on any atom is -0.402 e. The first-order valence-electron chi connectivity index (χ1n) is 41.4. The van der Waals surface area contributed by atoms with Crippen LogP contribution in [0.4, 0.5) is 0 Å². The molecule has 0 saturated carbocycles. The summed E-state index contributed by atoms with van der Waals surface area (Å²) in [5.41, 5.74) is 3.59.